The summed E-state index contributed by atoms with van der Waals surface area (Å²) in [5, 5.41) is 14.2. The molecule has 2 N–H and O–H groups in total. The lowest BCUT2D eigenvalue weighted by molar-refractivity contribution is -0.131. The zero-order valence-electron chi connectivity index (χ0n) is 24.3. The van der Waals surface area contributed by atoms with Gasteiger partial charge in [0.05, 0.1) is 36.7 Å². The molecule has 2 aromatic carbocycles. The molecule has 218 valence electrons. The van der Waals surface area contributed by atoms with E-state index in [1.165, 1.54) is 5.01 Å². The van der Waals surface area contributed by atoms with E-state index in [2.05, 4.69) is 42.6 Å². The molecule has 0 bridgehead atoms. The maximum absolute atomic E-state index is 14.3. The highest BCUT2D eigenvalue weighted by atomic mass is 32.2. The molecule has 0 saturated heterocycles. The predicted octanol–water partition coefficient (Wildman–Crippen LogP) is 6.20. The first-order chi connectivity index (χ1) is 19.9. The van der Waals surface area contributed by atoms with Gasteiger partial charge in [-0.25, -0.2) is 15.4 Å². The van der Waals surface area contributed by atoms with Gasteiger partial charge in [0.2, 0.25) is 0 Å². The van der Waals surface area contributed by atoms with Gasteiger partial charge in [-0.15, -0.1) is 0 Å². The highest BCUT2D eigenvalue weighted by Gasteiger charge is 2.31. The molecule has 0 fully saturated rings. The topological polar surface area (TPSA) is 95.2 Å². The Morgan fingerprint density at radius 1 is 1.17 bits per heavy atom. The fourth-order valence-electron chi connectivity index (χ4n) is 4.26. The second-order valence-electron chi connectivity index (χ2n) is 9.84. The number of nitriles is 1. The number of anilines is 1. The molecule has 0 radical (unpaired) electrons. The normalized spacial score (nSPS) is 12.3. The standard InChI is InChI=1S/C31H40N6O2S2/c1-5-23(3)15-17-34-37(31(40)35-26-11-13-27(39-4)14-12-26)30(38)28(16-18-41-6-2)29-20-33-22-36(29)21-25-9-7-24(19-32)8-10-25/h7-14,20,22-23,28,34H,5-6,15-18,21H2,1-4H3,(H,35,40)/t23-,28?/m0/s1. The lowest BCUT2D eigenvalue weighted by atomic mass is 10.0. The summed E-state index contributed by atoms with van der Waals surface area (Å²) in [6.45, 7) is 7.65. The molecule has 0 aliphatic carbocycles. The van der Waals surface area contributed by atoms with Gasteiger partial charge < -0.3 is 14.6 Å². The first kappa shape index (κ1) is 32.1. The number of nitrogens with one attached hydrogen (secondary N) is 2. The molecular weight excluding hydrogens is 553 g/mol. The van der Waals surface area contributed by atoms with E-state index in [9.17, 15) is 4.79 Å². The van der Waals surface area contributed by atoms with Crippen LogP contribution in [0.25, 0.3) is 0 Å². The number of benzene rings is 2. The summed E-state index contributed by atoms with van der Waals surface area (Å²) in [5.74, 6) is 2.48. The van der Waals surface area contributed by atoms with Crippen LogP contribution in [0, 0.1) is 17.2 Å². The fraction of sp³-hybridized carbons (Fsp3) is 0.419. The van der Waals surface area contributed by atoms with Gasteiger partial charge >= 0.3 is 0 Å². The molecule has 0 spiro atoms. The molecule has 2 atom stereocenters. The van der Waals surface area contributed by atoms with E-state index in [-0.39, 0.29) is 11.0 Å². The van der Waals surface area contributed by atoms with E-state index >= 15 is 0 Å². The minimum absolute atomic E-state index is 0.126. The van der Waals surface area contributed by atoms with Gasteiger partial charge in [0.15, 0.2) is 5.11 Å². The predicted molar refractivity (Wildman–Crippen MR) is 171 cm³/mol. The first-order valence-corrected chi connectivity index (χ1v) is 15.6. The van der Waals surface area contributed by atoms with E-state index in [1.807, 2.05) is 41.0 Å². The van der Waals surface area contributed by atoms with E-state index in [4.69, 9.17) is 22.2 Å². The van der Waals surface area contributed by atoms with Gasteiger partial charge in [-0.2, -0.15) is 17.0 Å². The summed E-state index contributed by atoms with van der Waals surface area (Å²) < 4.78 is 7.28. The Morgan fingerprint density at radius 3 is 2.54 bits per heavy atom. The van der Waals surface area contributed by atoms with Gasteiger partial charge in [0, 0.05) is 25.0 Å². The highest BCUT2D eigenvalue weighted by Crippen LogP contribution is 2.26. The molecule has 3 aromatic rings. The summed E-state index contributed by atoms with van der Waals surface area (Å²) in [7, 11) is 1.62. The number of hydrogen-bond acceptors (Lipinski definition) is 7. The number of hydrazine groups is 1. The zero-order chi connectivity index (χ0) is 29.6. The van der Waals surface area contributed by atoms with Crippen molar-refractivity contribution in [3.8, 4) is 11.8 Å². The Bertz CT molecular complexity index is 1290. The number of nitrogens with zero attached hydrogens (tertiary/aromatic N) is 4. The van der Waals surface area contributed by atoms with Crippen molar-refractivity contribution in [3.05, 3.63) is 77.9 Å². The lowest BCUT2D eigenvalue weighted by Crippen LogP contribution is -2.51. The summed E-state index contributed by atoms with van der Waals surface area (Å²) in [6, 6.07) is 17.1. The minimum atomic E-state index is -0.457. The number of rotatable bonds is 15. The van der Waals surface area contributed by atoms with Crippen LogP contribution in [0.1, 0.15) is 62.8 Å². The van der Waals surface area contributed by atoms with Crippen LogP contribution in [-0.2, 0) is 11.3 Å². The second kappa shape index (κ2) is 16.8. The Labute approximate surface area is 253 Å². The number of aromatic nitrogens is 2. The quantitative estimate of drug-likeness (QED) is 0.122. The number of amides is 1. The number of methoxy groups -OCH3 is 1. The molecule has 0 saturated carbocycles. The third-order valence-corrected chi connectivity index (χ3v) is 8.18. The van der Waals surface area contributed by atoms with Crippen molar-refractivity contribution in [1.29, 1.82) is 5.26 Å². The summed E-state index contributed by atoms with van der Waals surface area (Å²) in [6.07, 6.45) is 6.16. The smallest absolute Gasteiger partial charge is 0.252 e. The largest absolute Gasteiger partial charge is 0.497 e. The zero-order valence-corrected chi connectivity index (χ0v) is 25.9. The third-order valence-electron chi connectivity index (χ3n) is 6.96. The summed E-state index contributed by atoms with van der Waals surface area (Å²) in [5.41, 5.74) is 6.56. The van der Waals surface area contributed by atoms with Crippen LogP contribution in [0.2, 0.25) is 0 Å². The van der Waals surface area contributed by atoms with Gasteiger partial charge in [-0.3, -0.25) is 4.79 Å². The van der Waals surface area contributed by atoms with Gasteiger partial charge in [0.25, 0.3) is 5.91 Å². The number of carbonyl (C=O) groups is 1. The van der Waals surface area contributed by atoms with Crippen LogP contribution in [0.3, 0.4) is 0 Å². The Hall–Kier alpha value is -3.39. The first-order valence-electron chi connectivity index (χ1n) is 14.0. The maximum Gasteiger partial charge on any atom is 0.252 e. The Balaban J connectivity index is 1.89. The Kier molecular flexibility index (Phi) is 13.1. The van der Waals surface area contributed by atoms with Crippen LogP contribution < -0.4 is 15.5 Å². The Morgan fingerprint density at radius 2 is 1.90 bits per heavy atom. The molecule has 1 heterocycles. The molecule has 3 rings (SSSR count). The number of carbonyl (C=O) groups excluding carboxylic acids is 1. The van der Waals surface area contributed by atoms with Gasteiger partial charge in [0.1, 0.15) is 5.75 Å². The lowest BCUT2D eigenvalue weighted by Gasteiger charge is -2.29. The summed E-state index contributed by atoms with van der Waals surface area (Å²) >= 11 is 7.60. The van der Waals surface area contributed by atoms with Crippen molar-refractivity contribution >= 4 is 40.7 Å². The molecule has 41 heavy (non-hydrogen) atoms. The monoisotopic (exact) mass is 592 g/mol. The van der Waals surface area contributed by atoms with Crippen LogP contribution in [0.4, 0.5) is 5.69 Å². The fourth-order valence-corrected chi connectivity index (χ4v) is 5.23. The van der Waals surface area contributed by atoms with Crippen LogP contribution >= 0.6 is 24.0 Å². The molecule has 0 aliphatic rings. The maximum atomic E-state index is 14.3. The SMILES string of the molecule is CCSCCC(C(=O)N(NCC[C@@H](C)CC)C(=S)Nc1ccc(OC)cc1)c1cncn1Cc1ccc(C#N)cc1. The average molecular weight is 593 g/mol. The highest BCUT2D eigenvalue weighted by molar-refractivity contribution is 7.99. The second-order valence-corrected chi connectivity index (χ2v) is 11.6. The van der Waals surface area contributed by atoms with Crippen molar-refractivity contribution in [1.82, 2.24) is 20.0 Å². The molecule has 1 unspecified atom stereocenters. The number of ether oxygens (including phenoxy) is 1. The summed E-state index contributed by atoms with van der Waals surface area (Å²) in [4.78, 5) is 18.8. The van der Waals surface area contributed by atoms with Gasteiger partial charge in [-0.05, 0) is 84.4 Å². The number of hydrogen-bond donors (Lipinski definition) is 2. The number of thiocarbonyl (C=S) groups is 1. The van der Waals surface area contributed by atoms with Crippen molar-refractivity contribution in [2.45, 2.75) is 52.5 Å². The molecule has 1 amide bonds. The van der Waals surface area contributed by atoms with Crippen molar-refractivity contribution in [3.63, 3.8) is 0 Å². The molecule has 1 aromatic heterocycles. The molecule has 10 heteroatoms. The average Bonchev–Trinajstić information content (AvgIpc) is 3.45. The van der Waals surface area contributed by atoms with E-state index in [1.54, 1.807) is 43.5 Å². The van der Waals surface area contributed by atoms with Crippen molar-refractivity contribution in [2.75, 3.05) is 30.5 Å². The third kappa shape index (κ3) is 9.59. The minimum Gasteiger partial charge on any atom is -0.497 e. The number of imidazole rings is 1. The number of thioether (sulfide) groups is 1. The van der Waals surface area contributed by atoms with Crippen LogP contribution in [0.15, 0.2) is 61.1 Å². The van der Waals surface area contributed by atoms with Crippen molar-refractivity contribution < 1.29 is 9.53 Å². The van der Waals surface area contributed by atoms with E-state index < -0.39 is 5.92 Å². The molecule has 8 nitrogen and oxygen atoms in total. The molecule has 0 aliphatic heterocycles. The van der Waals surface area contributed by atoms with Gasteiger partial charge in [-0.1, -0.05) is 39.3 Å². The van der Waals surface area contributed by atoms with Crippen molar-refractivity contribution in [2.24, 2.45) is 5.92 Å². The van der Waals surface area contributed by atoms with E-state index in [0.717, 1.165) is 47.0 Å². The van der Waals surface area contributed by atoms with Crippen LogP contribution in [-0.4, -0.2) is 50.7 Å². The molecular formula is C31H40N6O2S2. The van der Waals surface area contributed by atoms with E-state index in [0.29, 0.717) is 31.0 Å². The van der Waals surface area contributed by atoms with Crippen LogP contribution in [0.5, 0.6) is 5.75 Å².